The standard InChI is InChI=1S/C10H23NOS/c1-5-11(6-7-12-4)8-10(2,3)9-13/h13H,5-9H2,1-4H3. The Kier molecular flexibility index (Phi) is 6.82. The first-order valence-corrected chi connectivity index (χ1v) is 5.51. The second-order valence-corrected chi connectivity index (χ2v) is 4.50. The van der Waals surface area contributed by atoms with Crippen molar-refractivity contribution in [2.45, 2.75) is 20.8 Å². The summed E-state index contributed by atoms with van der Waals surface area (Å²) < 4.78 is 5.06. The molecule has 0 aliphatic carbocycles. The lowest BCUT2D eigenvalue weighted by Gasteiger charge is -2.30. The Morgan fingerprint density at radius 2 is 2.00 bits per heavy atom. The lowest BCUT2D eigenvalue weighted by Crippen LogP contribution is -2.37. The second kappa shape index (κ2) is 6.68. The number of hydrogen-bond acceptors (Lipinski definition) is 3. The van der Waals surface area contributed by atoms with Gasteiger partial charge in [0.15, 0.2) is 0 Å². The molecule has 0 saturated carbocycles. The van der Waals surface area contributed by atoms with E-state index in [2.05, 4.69) is 38.3 Å². The fourth-order valence-corrected chi connectivity index (χ4v) is 1.32. The predicted molar refractivity (Wildman–Crippen MR) is 61.6 cm³/mol. The van der Waals surface area contributed by atoms with E-state index < -0.39 is 0 Å². The van der Waals surface area contributed by atoms with E-state index >= 15 is 0 Å². The van der Waals surface area contributed by atoms with Gasteiger partial charge in [-0.15, -0.1) is 0 Å². The number of nitrogens with zero attached hydrogens (tertiary/aromatic N) is 1. The molecule has 80 valence electrons. The number of rotatable bonds is 7. The molecular formula is C10H23NOS. The molecule has 0 rings (SSSR count). The molecule has 0 saturated heterocycles. The molecule has 0 aliphatic heterocycles. The highest BCUT2D eigenvalue weighted by Gasteiger charge is 2.18. The third-order valence-electron chi connectivity index (χ3n) is 2.14. The van der Waals surface area contributed by atoms with Gasteiger partial charge in [-0.05, 0) is 17.7 Å². The van der Waals surface area contributed by atoms with Gasteiger partial charge < -0.3 is 9.64 Å². The average Bonchev–Trinajstić information content (AvgIpc) is 2.12. The largest absolute Gasteiger partial charge is 0.383 e. The highest BCUT2D eigenvalue weighted by atomic mass is 32.1. The van der Waals surface area contributed by atoms with Crippen molar-refractivity contribution in [1.82, 2.24) is 4.90 Å². The summed E-state index contributed by atoms with van der Waals surface area (Å²) in [4.78, 5) is 2.40. The van der Waals surface area contributed by atoms with Crippen LogP contribution >= 0.6 is 12.6 Å². The van der Waals surface area contributed by atoms with Crippen LogP contribution in [-0.2, 0) is 4.74 Å². The van der Waals surface area contributed by atoms with Crippen LogP contribution in [0.2, 0.25) is 0 Å². The molecule has 0 aromatic heterocycles. The van der Waals surface area contributed by atoms with Crippen molar-refractivity contribution in [2.75, 3.05) is 39.1 Å². The fraction of sp³-hybridized carbons (Fsp3) is 1.00. The Morgan fingerprint density at radius 3 is 2.38 bits per heavy atom. The summed E-state index contributed by atoms with van der Waals surface area (Å²) in [6.07, 6.45) is 0. The van der Waals surface area contributed by atoms with Gasteiger partial charge in [0.25, 0.3) is 0 Å². The van der Waals surface area contributed by atoms with E-state index in [1.54, 1.807) is 7.11 Å². The average molecular weight is 205 g/mol. The molecule has 0 heterocycles. The van der Waals surface area contributed by atoms with E-state index in [-0.39, 0.29) is 0 Å². The summed E-state index contributed by atoms with van der Waals surface area (Å²) in [6.45, 7) is 10.7. The third kappa shape index (κ3) is 6.36. The molecule has 0 amide bonds. The van der Waals surface area contributed by atoms with E-state index in [9.17, 15) is 0 Å². The third-order valence-corrected chi connectivity index (χ3v) is 2.99. The van der Waals surface area contributed by atoms with Crippen molar-refractivity contribution >= 4 is 12.6 Å². The van der Waals surface area contributed by atoms with Crippen molar-refractivity contribution in [3.8, 4) is 0 Å². The summed E-state index contributed by atoms with van der Waals surface area (Å²) in [7, 11) is 1.75. The summed E-state index contributed by atoms with van der Waals surface area (Å²) in [5.74, 6) is 0.927. The molecule has 0 spiro atoms. The Labute approximate surface area is 88.1 Å². The first-order valence-electron chi connectivity index (χ1n) is 4.88. The Hall–Kier alpha value is 0.270. The van der Waals surface area contributed by atoms with Gasteiger partial charge in [0, 0.05) is 20.2 Å². The van der Waals surface area contributed by atoms with Crippen LogP contribution in [0.5, 0.6) is 0 Å². The van der Waals surface area contributed by atoms with Crippen LogP contribution in [0, 0.1) is 5.41 Å². The normalized spacial score (nSPS) is 12.5. The van der Waals surface area contributed by atoms with Crippen LogP contribution in [0.25, 0.3) is 0 Å². The molecule has 0 N–H and O–H groups in total. The SMILES string of the molecule is CCN(CCOC)CC(C)(C)CS. The first kappa shape index (κ1) is 13.3. The maximum Gasteiger partial charge on any atom is 0.0589 e. The number of ether oxygens (including phenoxy) is 1. The fourth-order valence-electron chi connectivity index (χ4n) is 1.22. The lowest BCUT2D eigenvalue weighted by atomic mass is 9.95. The van der Waals surface area contributed by atoms with Crippen molar-refractivity contribution in [3.05, 3.63) is 0 Å². The number of hydrogen-bond donors (Lipinski definition) is 1. The maximum absolute atomic E-state index is 5.06. The molecule has 2 nitrogen and oxygen atoms in total. The van der Waals surface area contributed by atoms with Gasteiger partial charge in [-0.1, -0.05) is 20.8 Å². The maximum atomic E-state index is 5.06. The minimum Gasteiger partial charge on any atom is -0.383 e. The molecule has 0 fully saturated rings. The smallest absolute Gasteiger partial charge is 0.0589 e. The van der Waals surface area contributed by atoms with E-state index in [1.807, 2.05) is 0 Å². The van der Waals surface area contributed by atoms with Gasteiger partial charge >= 0.3 is 0 Å². The molecule has 0 aliphatic rings. The van der Waals surface area contributed by atoms with Gasteiger partial charge in [0.05, 0.1) is 6.61 Å². The van der Waals surface area contributed by atoms with Crippen LogP contribution in [0.15, 0.2) is 0 Å². The predicted octanol–water partition coefficient (Wildman–Crippen LogP) is 1.91. The Balaban J connectivity index is 3.82. The molecule has 0 aromatic rings. The van der Waals surface area contributed by atoms with E-state index in [4.69, 9.17) is 4.74 Å². The quantitative estimate of drug-likeness (QED) is 0.637. The van der Waals surface area contributed by atoms with Crippen molar-refractivity contribution < 1.29 is 4.74 Å². The molecule has 0 atom stereocenters. The second-order valence-electron chi connectivity index (χ2n) is 4.18. The van der Waals surface area contributed by atoms with Gasteiger partial charge in [-0.25, -0.2) is 0 Å². The van der Waals surface area contributed by atoms with E-state index in [0.717, 1.165) is 32.0 Å². The minimum atomic E-state index is 0.298. The van der Waals surface area contributed by atoms with Crippen LogP contribution in [0.1, 0.15) is 20.8 Å². The Morgan fingerprint density at radius 1 is 1.38 bits per heavy atom. The van der Waals surface area contributed by atoms with E-state index in [1.165, 1.54) is 0 Å². The highest BCUT2D eigenvalue weighted by Crippen LogP contribution is 2.18. The number of likely N-dealkylation sites (N-methyl/N-ethyl adjacent to an activating group) is 1. The molecule has 0 aromatic carbocycles. The van der Waals surface area contributed by atoms with Crippen LogP contribution in [0.4, 0.5) is 0 Å². The lowest BCUT2D eigenvalue weighted by molar-refractivity contribution is 0.128. The van der Waals surface area contributed by atoms with Crippen LogP contribution in [-0.4, -0.2) is 44.0 Å². The zero-order chi connectivity index (χ0) is 10.3. The van der Waals surface area contributed by atoms with Crippen LogP contribution < -0.4 is 0 Å². The van der Waals surface area contributed by atoms with E-state index in [0.29, 0.717) is 5.41 Å². The highest BCUT2D eigenvalue weighted by molar-refractivity contribution is 7.80. The monoisotopic (exact) mass is 205 g/mol. The van der Waals surface area contributed by atoms with Crippen molar-refractivity contribution in [3.63, 3.8) is 0 Å². The molecule has 0 bridgehead atoms. The molecular weight excluding hydrogens is 182 g/mol. The first-order chi connectivity index (χ1) is 6.05. The molecule has 13 heavy (non-hydrogen) atoms. The molecule has 3 heteroatoms. The summed E-state index contributed by atoms with van der Waals surface area (Å²) >= 11 is 4.35. The van der Waals surface area contributed by atoms with Crippen LogP contribution in [0.3, 0.4) is 0 Å². The summed E-state index contributed by atoms with van der Waals surface area (Å²) in [5.41, 5.74) is 0.298. The Bertz CT molecular complexity index is 128. The van der Waals surface area contributed by atoms with Crippen molar-refractivity contribution in [1.29, 1.82) is 0 Å². The van der Waals surface area contributed by atoms with Crippen molar-refractivity contribution in [2.24, 2.45) is 5.41 Å². The molecule has 0 unspecified atom stereocenters. The minimum absolute atomic E-state index is 0.298. The summed E-state index contributed by atoms with van der Waals surface area (Å²) in [6, 6.07) is 0. The van der Waals surface area contributed by atoms with Gasteiger partial charge in [0.1, 0.15) is 0 Å². The number of methoxy groups -OCH3 is 1. The van der Waals surface area contributed by atoms with Gasteiger partial charge in [-0.3, -0.25) is 0 Å². The zero-order valence-electron chi connectivity index (χ0n) is 9.34. The topological polar surface area (TPSA) is 12.5 Å². The number of thiol groups is 1. The molecule has 0 radical (unpaired) electrons. The zero-order valence-corrected chi connectivity index (χ0v) is 10.2. The summed E-state index contributed by atoms with van der Waals surface area (Å²) in [5, 5.41) is 0. The van der Waals surface area contributed by atoms with Gasteiger partial charge in [0.2, 0.25) is 0 Å². The van der Waals surface area contributed by atoms with Gasteiger partial charge in [-0.2, -0.15) is 12.6 Å².